The summed E-state index contributed by atoms with van der Waals surface area (Å²) in [4.78, 5) is 22.7. The summed E-state index contributed by atoms with van der Waals surface area (Å²) in [7, 11) is 0. The first kappa shape index (κ1) is 19.2. The molecule has 108 valence electrons. The van der Waals surface area contributed by atoms with Gasteiger partial charge in [0.15, 0.2) is 0 Å². The number of hydrogen-bond acceptors (Lipinski definition) is 4. The van der Waals surface area contributed by atoms with Crippen molar-refractivity contribution < 1.29 is 14.3 Å². The molecule has 0 heterocycles. The fourth-order valence-corrected chi connectivity index (χ4v) is 1.13. The van der Waals surface area contributed by atoms with Crippen LogP contribution in [0.25, 0.3) is 0 Å². The van der Waals surface area contributed by atoms with Crippen LogP contribution in [0.15, 0.2) is 0 Å². The van der Waals surface area contributed by atoms with Crippen LogP contribution in [-0.4, -0.2) is 42.5 Å². The molecule has 0 radical (unpaired) electrons. The molecule has 0 atom stereocenters. The topological polar surface area (TPSA) is 72.6 Å². The maximum atomic E-state index is 11.2. The lowest BCUT2D eigenvalue weighted by Crippen LogP contribution is -2.30. The van der Waals surface area contributed by atoms with Gasteiger partial charge in [-0.2, -0.15) is 0 Å². The van der Waals surface area contributed by atoms with Gasteiger partial charge in [-0.15, -0.1) is 0 Å². The first-order chi connectivity index (χ1) is 8.32. The Morgan fingerprint density at radius 1 is 1.28 bits per heavy atom. The van der Waals surface area contributed by atoms with E-state index in [0.717, 1.165) is 19.5 Å². The average molecular weight is 260 g/mol. The summed E-state index contributed by atoms with van der Waals surface area (Å²) in [5.41, 5.74) is 4.97. The predicted molar refractivity (Wildman–Crippen MR) is 73.1 cm³/mol. The van der Waals surface area contributed by atoms with E-state index in [0.29, 0.717) is 19.4 Å². The van der Waals surface area contributed by atoms with E-state index in [1.807, 2.05) is 39.5 Å². The summed E-state index contributed by atoms with van der Waals surface area (Å²) in [6, 6.07) is 0. The van der Waals surface area contributed by atoms with Crippen LogP contribution in [-0.2, 0) is 14.3 Å². The first-order valence-electron chi connectivity index (χ1n) is 6.41. The quantitative estimate of drug-likeness (QED) is 0.735. The Hall–Kier alpha value is -1.10. The zero-order valence-corrected chi connectivity index (χ0v) is 12.4. The molecule has 5 heteroatoms. The number of amides is 1. The van der Waals surface area contributed by atoms with Crippen molar-refractivity contribution in [1.82, 2.24) is 4.90 Å². The minimum absolute atomic E-state index is 0.223. The Balaban J connectivity index is 0. The third kappa shape index (κ3) is 13.0. The molecular weight excluding hydrogens is 232 g/mol. The molecule has 2 N–H and O–H groups in total. The Morgan fingerprint density at radius 3 is 2.00 bits per heavy atom. The van der Waals surface area contributed by atoms with Crippen LogP contribution < -0.4 is 5.73 Å². The number of nitrogens with zero attached hydrogens (tertiary/aromatic N) is 1. The van der Waals surface area contributed by atoms with Gasteiger partial charge in [0, 0.05) is 19.5 Å². The van der Waals surface area contributed by atoms with Crippen LogP contribution in [0, 0.1) is 0 Å². The molecule has 0 aliphatic heterocycles. The summed E-state index contributed by atoms with van der Waals surface area (Å²) < 4.78 is 4.55. The van der Waals surface area contributed by atoms with E-state index in [2.05, 4.69) is 4.74 Å². The minimum Gasteiger partial charge on any atom is -0.462 e. The molecule has 1 amide bonds. The largest absolute Gasteiger partial charge is 0.462 e. The van der Waals surface area contributed by atoms with E-state index in [1.54, 1.807) is 0 Å². The van der Waals surface area contributed by atoms with Gasteiger partial charge in [0.1, 0.15) is 5.60 Å². The van der Waals surface area contributed by atoms with Crippen molar-refractivity contribution in [3.05, 3.63) is 0 Å². The molecule has 0 aromatic carbocycles. The maximum Gasteiger partial charge on any atom is 0.293 e. The number of ether oxygens (including phenoxy) is 1. The second-order valence-electron chi connectivity index (χ2n) is 4.78. The van der Waals surface area contributed by atoms with Crippen LogP contribution in [0.1, 0.15) is 47.5 Å². The molecule has 0 aromatic rings. The van der Waals surface area contributed by atoms with Crippen molar-refractivity contribution in [3.63, 3.8) is 0 Å². The Labute approximate surface area is 111 Å². The van der Waals surface area contributed by atoms with Gasteiger partial charge in [0.25, 0.3) is 6.47 Å². The molecular formula is C13H28N2O3. The van der Waals surface area contributed by atoms with Gasteiger partial charge < -0.3 is 15.4 Å². The highest BCUT2D eigenvalue weighted by atomic mass is 16.5. The molecule has 0 spiro atoms. The number of hydrogen-bond donors (Lipinski definition) is 1. The van der Waals surface area contributed by atoms with Crippen LogP contribution in [0.3, 0.4) is 0 Å². The van der Waals surface area contributed by atoms with Gasteiger partial charge in [-0.25, -0.2) is 0 Å². The molecule has 0 bridgehead atoms. The highest BCUT2D eigenvalue weighted by Gasteiger charge is 2.07. The van der Waals surface area contributed by atoms with E-state index in [1.165, 1.54) is 0 Å². The van der Waals surface area contributed by atoms with Crippen LogP contribution >= 0.6 is 0 Å². The zero-order chi connectivity index (χ0) is 14.6. The number of rotatable bonds is 6. The Bertz CT molecular complexity index is 221. The van der Waals surface area contributed by atoms with Crippen molar-refractivity contribution in [1.29, 1.82) is 0 Å². The van der Waals surface area contributed by atoms with E-state index in [9.17, 15) is 9.59 Å². The summed E-state index contributed by atoms with van der Waals surface area (Å²) in [5, 5.41) is 0. The fraction of sp³-hybridized carbons (Fsp3) is 0.846. The Kier molecular flexibility index (Phi) is 11.8. The SMILES string of the molecule is CC(C)(C)OC=O.CCN(CC)C(=O)CCCN. The first-order valence-corrected chi connectivity index (χ1v) is 6.41. The van der Waals surface area contributed by atoms with Gasteiger partial charge >= 0.3 is 0 Å². The smallest absolute Gasteiger partial charge is 0.293 e. The molecule has 0 aliphatic carbocycles. The molecule has 0 saturated carbocycles. The van der Waals surface area contributed by atoms with E-state index in [4.69, 9.17) is 5.73 Å². The number of nitrogens with two attached hydrogens (primary N) is 1. The van der Waals surface area contributed by atoms with Gasteiger partial charge in [0.2, 0.25) is 5.91 Å². The standard InChI is InChI=1S/C8H18N2O.C5H10O2/c1-3-10(4-2)8(11)6-5-7-9;1-5(2,3)7-4-6/h3-7,9H2,1-2H3;4H,1-3H3. The highest BCUT2D eigenvalue weighted by molar-refractivity contribution is 5.76. The van der Waals surface area contributed by atoms with Crippen molar-refractivity contribution >= 4 is 12.4 Å². The average Bonchev–Trinajstić information content (AvgIpc) is 2.27. The summed E-state index contributed by atoms with van der Waals surface area (Å²) in [6.07, 6.45) is 1.40. The molecule has 18 heavy (non-hydrogen) atoms. The molecule has 0 unspecified atom stereocenters. The molecule has 5 nitrogen and oxygen atoms in total. The molecule has 0 aliphatic rings. The third-order valence-corrected chi connectivity index (χ3v) is 2.11. The summed E-state index contributed by atoms with van der Waals surface area (Å²) >= 11 is 0. The lowest BCUT2D eigenvalue weighted by molar-refractivity contribution is -0.138. The molecule has 0 saturated heterocycles. The van der Waals surface area contributed by atoms with Gasteiger partial charge in [-0.1, -0.05) is 0 Å². The number of carbonyl (C=O) groups is 2. The van der Waals surface area contributed by atoms with E-state index in [-0.39, 0.29) is 11.5 Å². The van der Waals surface area contributed by atoms with Gasteiger partial charge in [-0.3, -0.25) is 9.59 Å². The van der Waals surface area contributed by atoms with Crippen LogP contribution in [0.4, 0.5) is 0 Å². The monoisotopic (exact) mass is 260 g/mol. The Morgan fingerprint density at radius 2 is 1.78 bits per heavy atom. The van der Waals surface area contributed by atoms with Crippen molar-refractivity contribution in [2.75, 3.05) is 19.6 Å². The fourth-order valence-electron chi connectivity index (χ4n) is 1.13. The summed E-state index contributed by atoms with van der Waals surface area (Å²) in [5.74, 6) is 0.223. The highest BCUT2D eigenvalue weighted by Crippen LogP contribution is 2.02. The van der Waals surface area contributed by atoms with Crippen molar-refractivity contribution in [3.8, 4) is 0 Å². The maximum absolute atomic E-state index is 11.2. The second-order valence-corrected chi connectivity index (χ2v) is 4.78. The van der Waals surface area contributed by atoms with Crippen LogP contribution in [0.5, 0.6) is 0 Å². The summed E-state index contributed by atoms with van der Waals surface area (Å²) in [6.45, 7) is 12.1. The second kappa shape index (κ2) is 11.0. The predicted octanol–water partition coefficient (Wildman–Crippen LogP) is 1.55. The van der Waals surface area contributed by atoms with E-state index >= 15 is 0 Å². The van der Waals surface area contributed by atoms with E-state index < -0.39 is 0 Å². The lowest BCUT2D eigenvalue weighted by Gasteiger charge is -2.17. The van der Waals surface area contributed by atoms with Gasteiger partial charge in [-0.05, 0) is 47.6 Å². The van der Waals surface area contributed by atoms with Crippen LogP contribution in [0.2, 0.25) is 0 Å². The molecule has 0 rings (SSSR count). The minimum atomic E-state index is -0.318. The number of carbonyl (C=O) groups excluding carboxylic acids is 2. The third-order valence-electron chi connectivity index (χ3n) is 2.11. The zero-order valence-electron chi connectivity index (χ0n) is 12.4. The van der Waals surface area contributed by atoms with Crippen molar-refractivity contribution in [2.45, 2.75) is 53.1 Å². The molecule has 0 fully saturated rings. The lowest BCUT2D eigenvalue weighted by atomic mass is 10.2. The molecule has 0 aromatic heterocycles. The van der Waals surface area contributed by atoms with Crippen molar-refractivity contribution in [2.24, 2.45) is 5.73 Å². The normalized spacial score (nSPS) is 10.1. The van der Waals surface area contributed by atoms with Gasteiger partial charge in [0.05, 0.1) is 0 Å².